The number of hydrogen-bond donors (Lipinski definition) is 3. The van der Waals surface area contributed by atoms with Crippen molar-refractivity contribution in [1.29, 1.82) is 0 Å². The number of ether oxygens (including phenoxy) is 1. The molecule has 0 aliphatic heterocycles. The fourth-order valence-electron chi connectivity index (χ4n) is 4.43. The number of hydrogen-bond acceptors (Lipinski definition) is 5. The van der Waals surface area contributed by atoms with E-state index in [4.69, 9.17) is 4.74 Å². The maximum atomic E-state index is 13.4. The van der Waals surface area contributed by atoms with Crippen molar-refractivity contribution in [3.63, 3.8) is 0 Å². The van der Waals surface area contributed by atoms with E-state index in [1.54, 1.807) is 42.5 Å². The summed E-state index contributed by atoms with van der Waals surface area (Å²) in [4.78, 5) is 39.8. The van der Waals surface area contributed by atoms with Crippen LogP contribution in [0.15, 0.2) is 132 Å². The summed E-state index contributed by atoms with van der Waals surface area (Å²) in [6.07, 6.45) is 1.60. The van der Waals surface area contributed by atoms with Crippen molar-refractivity contribution in [2.75, 3.05) is 23.0 Å². The van der Waals surface area contributed by atoms with Crippen LogP contribution in [0, 0.1) is 0 Å². The van der Waals surface area contributed by atoms with Crippen molar-refractivity contribution >= 4 is 57.7 Å². The molecule has 8 heteroatoms. The zero-order valence-electron chi connectivity index (χ0n) is 24.1. The number of fused-ring (bicyclic) bond motifs is 1. The minimum atomic E-state index is -0.490. The molecule has 3 amide bonds. The molecule has 7 nitrogen and oxygen atoms in total. The fourth-order valence-corrected chi connectivity index (χ4v) is 5.13. The topological polar surface area (TPSA) is 96.5 Å². The van der Waals surface area contributed by atoms with Crippen LogP contribution in [0.4, 0.5) is 11.4 Å². The normalized spacial score (nSPS) is 11.1. The van der Waals surface area contributed by atoms with Crippen molar-refractivity contribution in [3.05, 3.63) is 138 Å². The highest BCUT2D eigenvalue weighted by atomic mass is 32.2. The molecular formula is C36H31N3O4S. The zero-order chi connectivity index (χ0) is 30.7. The lowest BCUT2D eigenvalue weighted by Crippen LogP contribution is -2.30. The third-order valence-electron chi connectivity index (χ3n) is 6.56. The predicted molar refractivity (Wildman–Crippen MR) is 178 cm³/mol. The molecule has 44 heavy (non-hydrogen) atoms. The molecule has 5 aromatic rings. The molecule has 3 N–H and O–H groups in total. The maximum Gasteiger partial charge on any atom is 0.272 e. The summed E-state index contributed by atoms with van der Waals surface area (Å²) in [5.74, 6) is -0.180. The van der Waals surface area contributed by atoms with Crippen LogP contribution in [0.3, 0.4) is 0 Å². The first-order valence-corrected chi connectivity index (χ1v) is 15.1. The molecule has 0 atom stereocenters. The van der Waals surface area contributed by atoms with E-state index in [0.717, 1.165) is 21.4 Å². The Morgan fingerprint density at radius 2 is 1.41 bits per heavy atom. The molecule has 0 aromatic heterocycles. The van der Waals surface area contributed by atoms with Gasteiger partial charge in [-0.25, -0.2) is 0 Å². The second-order valence-electron chi connectivity index (χ2n) is 9.73. The Hall–Kier alpha value is -5.34. The molecule has 5 rings (SSSR count). The van der Waals surface area contributed by atoms with Gasteiger partial charge in [-0.05, 0) is 78.4 Å². The van der Waals surface area contributed by atoms with E-state index >= 15 is 0 Å². The first kappa shape index (κ1) is 30.1. The Bertz CT molecular complexity index is 1800. The van der Waals surface area contributed by atoms with E-state index in [9.17, 15) is 14.4 Å². The first-order valence-electron chi connectivity index (χ1n) is 14.1. The summed E-state index contributed by atoms with van der Waals surface area (Å²) in [6, 6.07) is 37.0. The van der Waals surface area contributed by atoms with Gasteiger partial charge in [0.15, 0.2) is 0 Å². The SMILES string of the molecule is CCOc1ccccc1/C=C(\NC(=O)c1ccccc1)C(=O)Nc1ccc(SCC(=O)Nc2ccc3ccccc3c2)cc1. The Kier molecular flexibility index (Phi) is 10.1. The number of anilines is 2. The molecule has 0 saturated heterocycles. The van der Waals surface area contributed by atoms with Crippen LogP contribution in [-0.2, 0) is 9.59 Å². The highest BCUT2D eigenvalue weighted by Gasteiger charge is 2.16. The van der Waals surface area contributed by atoms with Gasteiger partial charge in [0.2, 0.25) is 5.91 Å². The molecule has 0 radical (unpaired) electrons. The van der Waals surface area contributed by atoms with Crippen molar-refractivity contribution < 1.29 is 19.1 Å². The van der Waals surface area contributed by atoms with Gasteiger partial charge in [0, 0.05) is 27.4 Å². The number of carbonyl (C=O) groups excluding carboxylic acids is 3. The third-order valence-corrected chi connectivity index (χ3v) is 7.57. The predicted octanol–water partition coefficient (Wildman–Crippen LogP) is 7.38. The van der Waals surface area contributed by atoms with E-state index in [0.29, 0.717) is 29.2 Å². The van der Waals surface area contributed by atoms with E-state index < -0.39 is 11.8 Å². The van der Waals surface area contributed by atoms with Crippen molar-refractivity contribution in [2.45, 2.75) is 11.8 Å². The molecular weight excluding hydrogens is 570 g/mol. The first-order chi connectivity index (χ1) is 21.5. The van der Waals surface area contributed by atoms with Gasteiger partial charge in [-0.3, -0.25) is 14.4 Å². The summed E-state index contributed by atoms with van der Waals surface area (Å²) in [7, 11) is 0. The summed E-state index contributed by atoms with van der Waals surface area (Å²) < 4.78 is 5.71. The quantitative estimate of drug-likeness (QED) is 0.108. The Balaban J connectivity index is 1.24. The number of carbonyl (C=O) groups is 3. The van der Waals surface area contributed by atoms with Crippen LogP contribution in [0.5, 0.6) is 5.75 Å². The molecule has 5 aromatic carbocycles. The maximum absolute atomic E-state index is 13.4. The summed E-state index contributed by atoms with van der Waals surface area (Å²) in [6.45, 7) is 2.34. The summed E-state index contributed by atoms with van der Waals surface area (Å²) in [5, 5.41) is 10.7. The second-order valence-corrected chi connectivity index (χ2v) is 10.8. The molecule has 0 heterocycles. The molecule has 0 fully saturated rings. The Morgan fingerprint density at radius 1 is 0.727 bits per heavy atom. The number of amides is 3. The number of nitrogens with one attached hydrogen (secondary N) is 3. The van der Waals surface area contributed by atoms with E-state index in [1.165, 1.54) is 11.8 Å². The number of benzene rings is 5. The van der Waals surface area contributed by atoms with Gasteiger partial charge in [0.25, 0.3) is 11.8 Å². The molecule has 0 bridgehead atoms. The van der Waals surface area contributed by atoms with Crippen LogP contribution < -0.4 is 20.7 Å². The van der Waals surface area contributed by atoms with Gasteiger partial charge in [-0.1, -0.05) is 66.7 Å². The standard InChI is InChI=1S/C36H31N3O4S/c1-2-43-33-15-9-8-14-28(33)23-32(39-35(41)26-11-4-3-5-12-26)36(42)38-29-18-20-31(21-19-29)44-24-34(40)37-30-17-16-25-10-6-7-13-27(25)22-30/h3-23H,2,24H2,1H3,(H,37,40)(H,38,42)(H,39,41)/b32-23-. The van der Waals surface area contributed by atoms with Gasteiger partial charge in [-0.2, -0.15) is 0 Å². The van der Waals surface area contributed by atoms with E-state index in [-0.39, 0.29) is 17.4 Å². The number of thioether (sulfide) groups is 1. The Morgan fingerprint density at radius 3 is 2.18 bits per heavy atom. The molecule has 0 spiro atoms. The van der Waals surface area contributed by atoms with Crippen LogP contribution in [0.25, 0.3) is 16.8 Å². The van der Waals surface area contributed by atoms with Crippen LogP contribution in [0.1, 0.15) is 22.8 Å². The highest BCUT2D eigenvalue weighted by Crippen LogP contribution is 2.24. The van der Waals surface area contributed by atoms with Gasteiger partial charge >= 0.3 is 0 Å². The van der Waals surface area contributed by atoms with Gasteiger partial charge in [0.1, 0.15) is 11.4 Å². The lowest BCUT2D eigenvalue weighted by Gasteiger charge is -2.13. The lowest BCUT2D eigenvalue weighted by atomic mass is 10.1. The fraction of sp³-hybridized carbons (Fsp3) is 0.0833. The zero-order valence-corrected chi connectivity index (χ0v) is 24.9. The molecule has 0 aliphatic rings. The van der Waals surface area contributed by atoms with Crippen LogP contribution in [-0.4, -0.2) is 30.1 Å². The lowest BCUT2D eigenvalue weighted by molar-refractivity contribution is -0.114. The molecule has 0 unspecified atom stereocenters. The van der Waals surface area contributed by atoms with E-state index in [2.05, 4.69) is 16.0 Å². The smallest absolute Gasteiger partial charge is 0.272 e. The summed E-state index contributed by atoms with van der Waals surface area (Å²) >= 11 is 1.39. The van der Waals surface area contributed by atoms with Gasteiger partial charge in [0.05, 0.1) is 12.4 Å². The average Bonchev–Trinajstić information content (AvgIpc) is 3.05. The third kappa shape index (κ3) is 8.14. The molecule has 0 saturated carbocycles. The average molecular weight is 602 g/mol. The van der Waals surface area contributed by atoms with Crippen molar-refractivity contribution in [1.82, 2.24) is 5.32 Å². The van der Waals surface area contributed by atoms with Crippen LogP contribution >= 0.6 is 11.8 Å². The van der Waals surface area contributed by atoms with E-state index in [1.807, 2.05) is 91.9 Å². The Labute approximate surface area is 260 Å². The molecule has 220 valence electrons. The van der Waals surface area contributed by atoms with Crippen molar-refractivity contribution in [3.8, 4) is 5.75 Å². The summed E-state index contributed by atoms with van der Waals surface area (Å²) in [5.41, 5.74) is 2.43. The second kappa shape index (κ2) is 14.7. The molecule has 0 aliphatic carbocycles. The van der Waals surface area contributed by atoms with Crippen LogP contribution in [0.2, 0.25) is 0 Å². The number of rotatable bonds is 11. The highest BCUT2D eigenvalue weighted by molar-refractivity contribution is 8.00. The minimum Gasteiger partial charge on any atom is -0.493 e. The largest absolute Gasteiger partial charge is 0.493 e. The van der Waals surface area contributed by atoms with Crippen molar-refractivity contribution in [2.24, 2.45) is 0 Å². The van der Waals surface area contributed by atoms with Gasteiger partial charge < -0.3 is 20.7 Å². The minimum absolute atomic E-state index is 0.0646. The monoisotopic (exact) mass is 601 g/mol. The van der Waals surface area contributed by atoms with Gasteiger partial charge in [-0.15, -0.1) is 11.8 Å². The number of para-hydroxylation sites is 1.